The van der Waals surface area contributed by atoms with Crippen molar-refractivity contribution in [3.8, 4) is 35.8 Å². The Labute approximate surface area is 315 Å². The van der Waals surface area contributed by atoms with Crippen molar-refractivity contribution in [2.24, 2.45) is 0 Å². The summed E-state index contributed by atoms with van der Waals surface area (Å²) in [5.74, 6) is 13.0. The molecule has 298 valence electrons. The number of nitriles is 2. The number of benzene rings is 3. The second kappa shape index (κ2) is 18.6. The SMILES string of the molecule is C(#Cc1cc[n+](Cc2ccccc2)cc1)c1ccc(C#Cc2cc[n+](Cc3ccccc3)cc2)cc1.CC#N.CC#N.F[P-](F)(F)(F)(F)F.F[P-](F)(F)(F)(F)F. The van der Waals surface area contributed by atoms with Crippen LogP contribution in [0.5, 0.6) is 0 Å². The third-order valence-corrected chi connectivity index (χ3v) is 5.79. The summed E-state index contributed by atoms with van der Waals surface area (Å²) in [5.41, 5.74) is 6.51. The van der Waals surface area contributed by atoms with Crippen molar-refractivity contribution in [1.29, 1.82) is 10.5 Å². The fourth-order valence-corrected chi connectivity index (χ4v) is 3.81. The van der Waals surface area contributed by atoms with Crippen molar-refractivity contribution in [2.75, 3.05) is 0 Å². The molecule has 56 heavy (non-hydrogen) atoms. The van der Waals surface area contributed by atoms with Crippen molar-refractivity contribution < 1.29 is 59.5 Å². The molecular weight excluding hydrogens is 802 g/mol. The quantitative estimate of drug-likeness (QED) is 0.0784. The first kappa shape index (κ1) is 48.1. The Morgan fingerprint density at radius 2 is 0.589 bits per heavy atom. The van der Waals surface area contributed by atoms with Gasteiger partial charge in [-0.3, -0.25) is 0 Å². The maximum absolute atomic E-state index is 10.7. The number of pyridine rings is 2. The molecule has 4 nitrogen and oxygen atoms in total. The van der Waals surface area contributed by atoms with Crippen LogP contribution >= 0.6 is 15.6 Å². The van der Waals surface area contributed by atoms with E-state index in [1.807, 2.05) is 36.4 Å². The molecule has 18 heteroatoms. The monoisotopic (exact) mass is 834 g/mol. The molecule has 0 saturated carbocycles. The van der Waals surface area contributed by atoms with E-state index in [0.717, 1.165) is 35.3 Å². The van der Waals surface area contributed by atoms with E-state index in [1.165, 1.54) is 25.0 Å². The molecule has 0 amide bonds. The Hall–Kier alpha value is -5.92. The van der Waals surface area contributed by atoms with Crippen LogP contribution in [0.2, 0.25) is 0 Å². The van der Waals surface area contributed by atoms with Crippen molar-refractivity contribution >= 4 is 15.6 Å². The molecule has 0 aliphatic rings. The van der Waals surface area contributed by atoms with Crippen LogP contribution < -0.4 is 9.13 Å². The third-order valence-electron chi connectivity index (χ3n) is 5.79. The van der Waals surface area contributed by atoms with Crippen LogP contribution in [0.25, 0.3) is 0 Å². The average Bonchev–Trinajstić information content (AvgIpc) is 3.07. The van der Waals surface area contributed by atoms with Crippen molar-refractivity contribution in [2.45, 2.75) is 26.9 Å². The summed E-state index contributed by atoms with van der Waals surface area (Å²) < 4.78 is 123. The van der Waals surface area contributed by atoms with Gasteiger partial charge in [-0.25, -0.2) is 9.13 Å². The molecule has 0 saturated heterocycles. The van der Waals surface area contributed by atoms with Gasteiger partial charge in [-0.1, -0.05) is 84.3 Å². The van der Waals surface area contributed by atoms with Crippen LogP contribution in [0.3, 0.4) is 0 Å². The van der Waals surface area contributed by atoms with Crippen LogP contribution in [0.15, 0.2) is 134 Å². The van der Waals surface area contributed by atoms with E-state index >= 15 is 0 Å². The summed E-state index contributed by atoms with van der Waals surface area (Å²) in [6.07, 6.45) is 8.29. The van der Waals surface area contributed by atoms with Gasteiger partial charge in [0.15, 0.2) is 37.9 Å². The average molecular weight is 835 g/mol. The zero-order valence-corrected chi connectivity index (χ0v) is 31.1. The Kier molecular flexibility index (Phi) is 16.0. The van der Waals surface area contributed by atoms with Crippen LogP contribution in [0.1, 0.15) is 47.2 Å². The van der Waals surface area contributed by atoms with E-state index in [0.29, 0.717) is 0 Å². The van der Waals surface area contributed by atoms with Crippen LogP contribution in [-0.2, 0) is 13.1 Å². The molecule has 0 aliphatic carbocycles. The predicted octanol–water partition coefficient (Wildman–Crippen LogP) is 13.0. The summed E-state index contributed by atoms with van der Waals surface area (Å²) in [6.45, 7) is 4.57. The maximum atomic E-state index is 9.87. The summed E-state index contributed by atoms with van der Waals surface area (Å²) in [6, 6.07) is 40.7. The van der Waals surface area contributed by atoms with E-state index < -0.39 is 15.6 Å². The van der Waals surface area contributed by atoms with Crippen molar-refractivity contribution in [1.82, 2.24) is 0 Å². The number of rotatable bonds is 4. The van der Waals surface area contributed by atoms with Gasteiger partial charge in [0, 0.05) is 71.5 Å². The Bertz CT molecular complexity index is 2010. The number of halogens is 12. The van der Waals surface area contributed by atoms with Crippen molar-refractivity contribution in [3.05, 3.63) is 167 Å². The molecule has 3 aromatic carbocycles. The van der Waals surface area contributed by atoms with Crippen molar-refractivity contribution in [3.63, 3.8) is 0 Å². The number of hydrogen-bond donors (Lipinski definition) is 0. The molecule has 0 N–H and O–H groups in total. The molecule has 0 unspecified atom stereocenters. The summed E-state index contributed by atoms with van der Waals surface area (Å²) in [5, 5.41) is 14.6. The normalized spacial score (nSPS) is 12.5. The molecule has 0 spiro atoms. The van der Waals surface area contributed by atoms with Gasteiger partial charge in [-0.2, -0.15) is 10.5 Å². The van der Waals surface area contributed by atoms with Gasteiger partial charge in [0.1, 0.15) is 0 Å². The standard InChI is InChI=1S/C34H26N2.2C2H3N.2F6P/c1-3-7-33(8-4-1)27-35-23-19-31(20-24-35)17-15-29-11-13-30(14-12-29)16-18-32-21-25-36(26-22-32)28-34-9-5-2-6-10-34;2*1-2-3;2*1-7(2,3,4,5)6/h1-14,19-26H,27-28H2;2*1H3;;/q+2;;;2*-1. The van der Waals surface area contributed by atoms with Gasteiger partial charge in [0.25, 0.3) is 0 Å². The van der Waals surface area contributed by atoms with Crippen LogP contribution in [0, 0.1) is 46.3 Å². The Morgan fingerprint density at radius 1 is 0.393 bits per heavy atom. The molecule has 0 bridgehead atoms. The Balaban J connectivity index is 0.000000650. The fraction of sp³-hybridized carbons (Fsp3) is 0.105. The molecule has 2 heterocycles. The minimum absolute atomic E-state index is 0.855. The van der Waals surface area contributed by atoms with Crippen LogP contribution in [-0.4, -0.2) is 0 Å². The van der Waals surface area contributed by atoms with Crippen LogP contribution in [0.4, 0.5) is 50.4 Å². The second-order valence-corrected chi connectivity index (χ2v) is 14.8. The van der Waals surface area contributed by atoms with Gasteiger partial charge in [-0.15, -0.1) is 0 Å². The van der Waals surface area contributed by atoms with Gasteiger partial charge in [0.05, 0.1) is 12.1 Å². The first-order valence-corrected chi connectivity index (χ1v) is 19.5. The van der Waals surface area contributed by atoms with E-state index in [9.17, 15) is 50.4 Å². The molecule has 0 radical (unpaired) electrons. The Morgan fingerprint density at radius 3 is 0.804 bits per heavy atom. The molecule has 0 fully saturated rings. The minimum atomic E-state index is -10.7. The summed E-state index contributed by atoms with van der Waals surface area (Å²) in [7, 11) is -21.3. The van der Waals surface area contributed by atoms with Gasteiger partial charge >= 0.3 is 66.0 Å². The zero-order chi connectivity index (χ0) is 42.6. The summed E-state index contributed by atoms with van der Waals surface area (Å²) >= 11 is 0. The molecule has 0 atom stereocenters. The predicted molar refractivity (Wildman–Crippen MR) is 192 cm³/mol. The second-order valence-electron chi connectivity index (χ2n) is 10.9. The fourth-order valence-electron chi connectivity index (χ4n) is 3.81. The molecule has 5 rings (SSSR count). The molecule has 2 aromatic heterocycles. The number of aromatic nitrogens is 2. The van der Waals surface area contributed by atoms with E-state index in [-0.39, 0.29) is 0 Å². The molecular formula is C38H32F12N4P2. The first-order valence-electron chi connectivity index (χ1n) is 15.5. The topological polar surface area (TPSA) is 55.3 Å². The van der Waals surface area contributed by atoms with Gasteiger partial charge in [-0.05, 0) is 24.3 Å². The van der Waals surface area contributed by atoms with E-state index in [1.54, 1.807) is 12.1 Å². The molecule has 0 aliphatic heterocycles. The van der Waals surface area contributed by atoms with Gasteiger partial charge in [0.2, 0.25) is 0 Å². The third kappa shape index (κ3) is 31.6. The van der Waals surface area contributed by atoms with E-state index in [4.69, 9.17) is 10.5 Å². The number of hydrogen-bond acceptors (Lipinski definition) is 2. The first-order chi connectivity index (χ1) is 25.5. The molecule has 5 aromatic rings. The van der Waals surface area contributed by atoms with E-state index in [2.05, 4.69) is 130 Å². The summed E-state index contributed by atoms with van der Waals surface area (Å²) in [4.78, 5) is 0. The zero-order valence-electron chi connectivity index (χ0n) is 29.3. The van der Waals surface area contributed by atoms with Gasteiger partial charge < -0.3 is 0 Å². The number of nitrogens with zero attached hydrogens (tertiary/aromatic N) is 4.